The summed E-state index contributed by atoms with van der Waals surface area (Å²) in [5.74, 6) is -0.661. The van der Waals surface area contributed by atoms with Gasteiger partial charge in [-0.25, -0.2) is 0 Å². The molecule has 39 heavy (non-hydrogen) atoms. The highest BCUT2D eigenvalue weighted by atomic mass is 35.6. The van der Waals surface area contributed by atoms with Gasteiger partial charge in [0.25, 0.3) is 3.79 Å². The van der Waals surface area contributed by atoms with Gasteiger partial charge in [-0.15, -0.1) is 0 Å². The molecule has 0 amide bonds. The van der Waals surface area contributed by atoms with Crippen molar-refractivity contribution in [1.82, 2.24) is 0 Å². The molecular weight excluding hydrogens is 565 g/mol. The number of alkyl halides is 3. The van der Waals surface area contributed by atoms with Gasteiger partial charge >= 0.3 is 0 Å². The molecule has 4 rings (SSSR count). The van der Waals surface area contributed by atoms with E-state index in [1.807, 2.05) is 91.0 Å². The molecule has 1 aliphatic heterocycles. The van der Waals surface area contributed by atoms with E-state index < -0.39 is 40.4 Å². The van der Waals surface area contributed by atoms with Crippen LogP contribution in [0.25, 0.3) is 0 Å². The number of halogens is 3. The average molecular weight is 595 g/mol. The van der Waals surface area contributed by atoms with Gasteiger partial charge in [-0.2, -0.15) is 0 Å². The van der Waals surface area contributed by atoms with Gasteiger partial charge < -0.3 is 28.8 Å². The van der Waals surface area contributed by atoms with E-state index in [2.05, 4.69) is 0 Å². The molecular formula is C29H30Cl3NO6. The van der Waals surface area contributed by atoms with Crippen LogP contribution in [0.15, 0.2) is 91.0 Å². The van der Waals surface area contributed by atoms with Crippen molar-refractivity contribution in [1.29, 1.82) is 5.41 Å². The number of hydrogen-bond donors (Lipinski definition) is 2. The summed E-state index contributed by atoms with van der Waals surface area (Å²) < 4.78 is 27.8. The number of rotatable bonds is 11. The van der Waals surface area contributed by atoms with Crippen LogP contribution in [-0.4, -0.2) is 52.1 Å². The fourth-order valence-electron chi connectivity index (χ4n) is 4.09. The van der Waals surface area contributed by atoms with Crippen molar-refractivity contribution in [2.24, 2.45) is 0 Å². The molecule has 1 heterocycles. The van der Waals surface area contributed by atoms with Crippen molar-refractivity contribution in [2.75, 3.05) is 6.61 Å². The topological polar surface area (TPSA) is 90.2 Å². The van der Waals surface area contributed by atoms with Crippen LogP contribution in [-0.2, 0) is 43.5 Å². The Morgan fingerprint density at radius 2 is 1.21 bits per heavy atom. The molecule has 0 aromatic heterocycles. The number of hydrogen-bond acceptors (Lipinski definition) is 7. The molecule has 1 fully saturated rings. The lowest BCUT2D eigenvalue weighted by Crippen LogP contribution is -2.61. The fourth-order valence-corrected chi connectivity index (χ4v) is 4.22. The molecule has 10 heteroatoms. The van der Waals surface area contributed by atoms with E-state index in [1.54, 1.807) is 0 Å². The van der Waals surface area contributed by atoms with Crippen LogP contribution in [0.1, 0.15) is 16.7 Å². The SMILES string of the molecule is N=C(O[C@H]1O[C@H](COCc2ccccc2)[C@@H](OCc2ccccc2)[C@H](O)[C@@H]1OCc1ccccc1)C(Cl)(Cl)Cl. The molecule has 3 aromatic carbocycles. The Labute approximate surface area is 243 Å². The predicted molar refractivity (Wildman–Crippen MR) is 150 cm³/mol. The predicted octanol–water partition coefficient (Wildman–Crippen LogP) is 5.82. The van der Waals surface area contributed by atoms with Crippen molar-refractivity contribution in [3.8, 4) is 0 Å². The summed E-state index contributed by atoms with van der Waals surface area (Å²) in [6.07, 6.45) is -5.18. The highest BCUT2D eigenvalue weighted by Crippen LogP contribution is 2.33. The molecule has 0 aliphatic carbocycles. The van der Waals surface area contributed by atoms with E-state index in [4.69, 9.17) is 63.9 Å². The summed E-state index contributed by atoms with van der Waals surface area (Å²) in [5, 5.41) is 19.6. The zero-order valence-corrected chi connectivity index (χ0v) is 23.3. The Morgan fingerprint density at radius 1 is 0.744 bits per heavy atom. The minimum Gasteiger partial charge on any atom is -0.445 e. The van der Waals surface area contributed by atoms with Crippen molar-refractivity contribution in [3.05, 3.63) is 108 Å². The maximum absolute atomic E-state index is 11.5. The highest BCUT2D eigenvalue weighted by Gasteiger charge is 2.49. The molecule has 0 spiro atoms. The van der Waals surface area contributed by atoms with Gasteiger partial charge in [-0.05, 0) is 16.7 Å². The first-order valence-corrected chi connectivity index (χ1v) is 13.5. The molecule has 0 unspecified atom stereocenters. The smallest absolute Gasteiger partial charge is 0.265 e. The Balaban J connectivity index is 1.53. The van der Waals surface area contributed by atoms with E-state index in [0.29, 0.717) is 6.61 Å². The zero-order chi connectivity index (χ0) is 27.7. The van der Waals surface area contributed by atoms with Crippen LogP contribution in [0.3, 0.4) is 0 Å². The van der Waals surface area contributed by atoms with Crippen LogP contribution in [0.4, 0.5) is 0 Å². The second kappa shape index (κ2) is 14.4. The molecule has 7 nitrogen and oxygen atoms in total. The maximum Gasteiger partial charge on any atom is 0.265 e. The van der Waals surface area contributed by atoms with E-state index >= 15 is 0 Å². The minimum absolute atomic E-state index is 0.0672. The van der Waals surface area contributed by atoms with Crippen LogP contribution < -0.4 is 0 Å². The van der Waals surface area contributed by atoms with Gasteiger partial charge in [0, 0.05) is 0 Å². The molecule has 2 N–H and O–H groups in total. The van der Waals surface area contributed by atoms with Gasteiger partial charge in [0.1, 0.15) is 24.4 Å². The molecule has 208 valence electrons. The van der Waals surface area contributed by atoms with E-state index in [9.17, 15) is 5.11 Å². The summed E-state index contributed by atoms with van der Waals surface area (Å²) in [6.45, 7) is 0.763. The Morgan fingerprint density at radius 3 is 1.69 bits per heavy atom. The maximum atomic E-state index is 11.5. The van der Waals surface area contributed by atoms with Crippen molar-refractivity contribution in [3.63, 3.8) is 0 Å². The number of aliphatic hydroxyl groups excluding tert-OH is 1. The van der Waals surface area contributed by atoms with Gasteiger partial charge in [-0.1, -0.05) is 126 Å². The Hall–Kier alpha value is -2.20. The average Bonchev–Trinajstić information content (AvgIpc) is 2.93. The van der Waals surface area contributed by atoms with Crippen molar-refractivity contribution >= 4 is 40.7 Å². The number of benzene rings is 3. The molecule has 0 radical (unpaired) electrons. The second-order valence-corrected chi connectivity index (χ2v) is 11.3. The van der Waals surface area contributed by atoms with Gasteiger partial charge in [-0.3, -0.25) is 5.41 Å². The monoisotopic (exact) mass is 593 g/mol. The highest BCUT2D eigenvalue weighted by molar-refractivity contribution is 6.76. The Bertz CT molecular complexity index is 1150. The second-order valence-electron chi connectivity index (χ2n) is 9.00. The van der Waals surface area contributed by atoms with Crippen molar-refractivity contribution in [2.45, 2.75) is 54.3 Å². The van der Waals surface area contributed by atoms with Crippen LogP contribution in [0.5, 0.6) is 0 Å². The lowest BCUT2D eigenvalue weighted by Gasteiger charge is -2.44. The first kappa shape index (κ1) is 29.8. The third-order valence-corrected chi connectivity index (χ3v) is 6.59. The van der Waals surface area contributed by atoms with E-state index in [-0.39, 0.29) is 19.8 Å². The zero-order valence-electron chi connectivity index (χ0n) is 21.0. The fraction of sp³-hybridized carbons (Fsp3) is 0.345. The lowest BCUT2D eigenvalue weighted by molar-refractivity contribution is -0.304. The first-order valence-electron chi connectivity index (χ1n) is 12.4. The molecule has 0 saturated carbocycles. The molecule has 0 bridgehead atoms. The minimum atomic E-state index is -2.13. The standard InChI is InChI=1S/C29H30Cl3NO6/c30-29(31,32)28(33)39-27-26(37-18-22-14-8-3-9-15-22)24(34)25(36-17-21-12-6-2-7-13-21)23(38-27)19-35-16-20-10-4-1-5-11-20/h1-15,23-27,33-34H,16-19H2/t23-,24+,25-,26+,27-/m1/s1. The van der Waals surface area contributed by atoms with Gasteiger partial charge in [0.15, 0.2) is 0 Å². The third kappa shape index (κ3) is 8.90. The van der Waals surface area contributed by atoms with Crippen LogP contribution in [0.2, 0.25) is 0 Å². The van der Waals surface area contributed by atoms with Gasteiger partial charge in [0.05, 0.1) is 26.4 Å². The first-order chi connectivity index (χ1) is 18.8. The number of aliphatic hydroxyl groups is 1. The third-order valence-electron chi connectivity index (χ3n) is 6.07. The van der Waals surface area contributed by atoms with Crippen LogP contribution in [0, 0.1) is 5.41 Å². The van der Waals surface area contributed by atoms with E-state index in [0.717, 1.165) is 16.7 Å². The Kier molecular flexibility index (Phi) is 11.0. The number of ether oxygens (including phenoxy) is 5. The quantitative estimate of drug-likeness (QED) is 0.165. The summed E-state index contributed by atoms with van der Waals surface area (Å²) in [5.41, 5.74) is 2.77. The molecule has 3 aromatic rings. The van der Waals surface area contributed by atoms with E-state index in [1.165, 1.54) is 0 Å². The normalized spacial score (nSPS) is 23.3. The largest absolute Gasteiger partial charge is 0.445 e. The molecule has 1 saturated heterocycles. The molecule has 5 atom stereocenters. The lowest BCUT2D eigenvalue weighted by atomic mass is 9.98. The van der Waals surface area contributed by atoms with Gasteiger partial charge in [0.2, 0.25) is 12.2 Å². The summed E-state index contributed by atoms with van der Waals surface area (Å²) in [7, 11) is 0. The molecule has 1 aliphatic rings. The summed E-state index contributed by atoms with van der Waals surface area (Å²) in [6, 6.07) is 28.7. The number of nitrogens with one attached hydrogen (secondary N) is 1. The van der Waals surface area contributed by atoms with Crippen LogP contribution >= 0.6 is 34.8 Å². The van der Waals surface area contributed by atoms with Crippen molar-refractivity contribution < 1.29 is 28.8 Å². The summed E-state index contributed by atoms with van der Waals surface area (Å²) in [4.78, 5) is 0. The summed E-state index contributed by atoms with van der Waals surface area (Å²) >= 11 is 17.6.